The Kier molecular flexibility index (Phi) is 46.7. The Balaban J connectivity index is 3.47. The monoisotopic (exact) mass is 828 g/mol. The second-order valence-electron chi connectivity index (χ2n) is 17.1. The molecule has 3 N–H and O–H groups in total. The number of aliphatic hydroxyl groups excluding tert-OH is 2. The van der Waals surface area contributed by atoms with Gasteiger partial charge in [-0.25, -0.2) is 0 Å². The molecule has 6 heteroatoms. The molecular weight excluding hydrogens is 731 g/mol. The Morgan fingerprint density at radius 2 is 0.847 bits per heavy atom. The van der Waals surface area contributed by atoms with Gasteiger partial charge in [-0.05, 0) is 89.9 Å². The third-order valence-electron chi connectivity index (χ3n) is 11.3. The maximum absolute atomic E-state index is 12.4. The van der Waals surface area contributed by atoms with Crippen molar-refractivity contribution in [3.8, 4) is 0 Å². The second kappa shape index (κ2) is 48.5. The predicted molar refractivity (Wildman–Crippen MR) is 255 cm³/mol. The molecule has 0 aromatic carbocycles. The first-order chi connectivity index (χ1) is 29.0. The number of carbonyl (C=O) groups excluding carboxylic acids is 2. The normalized spacial score (nSPS) is 13.1. The van der Waals surface area contributed by atoms with Crippen molar-refractivity contribution in [2.24, 2.45) is 0 Å². The van der Waals surface area contributed by atoms with E-state index < -0.39 is 12.1 Å². The smallest absolute Gasteiger partial charge is 0.305 e. The first kappa shape index (κ1) is 56.8. The minimum atomic E-state index is -0.853. The molecule has 0 heterocycles. The van der Waals surface area contributed by atoms with E-state index in [0.29, 0.717) is 19.4 Å². The molecule has 0 aliphatic carbocycles. The summed E-state index contributed by atoms with van der Waals surface area (Å²) in [6.45, 7) is 4.81. The zero-order valence-corrected chi connectivity index (χ0v) is 39.0. The zero-order chi connectivity index (χ0) is 43.0. The van der Waals surface area contributed by atoms with Crippen molar-refractivity contribution in [1.29, 1.82) is 0 Å². The Labute approximate surface area is 366 Å². The molecule has 0 saturated carbocycles. The minimum absolute atomic E-state index is 0.0130. The van der Waals surface area contributed by atoms with E-state index in [1.807, 2.05) is 6.08 Å². The Morgan fingerprint density at radius 1 is 0.475 bits per heavy atom. The molecule has 2 unspecified atom stereocenters. The van der Waals surface area contributed by atoms with Crippen molar-refractivity contribution < 1.29 is 24.5 Å². The van der Waals surface area contributed by atoms with Crippen LogP contribution in [0.25, 0.3) is 0 Å². The highest BCUT2D eigenvalue weighted by molar-refractivity contribution is 5.76. The summed E-state index contributed by atoms with van der Waals surface area (Å²) in [5, 5.41) is 22.9. The molecule has 2 atom stereocenters. The molecule has 0 aliphatic heterocycles. The number of nitrogens with one attached hydrogen (secondary N) is 1. The summed E-state index contributed by atoms with van der Waals surface area (Å²) in [6.07, 6.45) is 59.7. The quantitative estimate of drug-likeness (QED) is 0.0323. The van der Waals surface area contributed by atoms with Gasteiger partial charge >= 0.3 is 5.97 Å². The molecule has 344 valence electrons. The molecule has 1 amide bonds. The van der Waals surface area contributed by atoms with Crippen molar-refractivity contribution in [2.45, 2.75) is 264 Å². The number of aliphatic hydroxyl groups is 2. The fourth-order valence-electron chi connectivity index (χ4n) is 7.36. The van der Waals surface area contributed by atoms with E-state index >= 15 is 0 Å². The van der Waals surface area contributed by atoms with Gasteiger partial charge in [-0.2, -0.15) is 0 Å². The molecule has 6 nitrogen and oxygen atoms in total. The van der Waals surface area contributed by atoms with Gasteiger partial charge in [-0.3, -0.25) is 9.59 Å². The molecule has 0 bridgehead atoms. The molecule has 0 fully saturated rings. The summed E-state index contributed by atoms with van der Waals surface area (Å²) in [4.78, 5) is 24.4. The van der Waals surface area contributed by atoms with E-state index in [1.54, 1.807) is 6.08 Å². The van der Waals surface area contributed by atoms with Gasteiger partial charge in [-0.15, -0.1) is 0 Å². The van der Waals surface area contributed by atoms with E-state index in [0.717, 1.165) is 70.6 Å². The Morgan fingerprint density at radius 3 is 1.34 bits per heavy atom. The lowest BCUT2D eigenvalue weighted by molar-refractivity contribution is -0.143. The Bertz CT molecular complexity index is 1000. The summed E-state index contributed by atoms with van der Waals surface area (Å²) in [6, 6.07) is -0.639. The van der Waals surface area contributed by atoms with Crippen LogP contribution in [0.1, 0.15) is 251 Å². The van der Waals surface area contributed by atoms with Crippen LogP contribution in [0.4, 0.5) is 0 Å². The molecule has 0 rings (SSSR count). The molecule has 59 heavy (non-hydrogen) atoms. The summed E-state index contributed by atoms with van der Waals surface area (Å²) in [5.41, 5.74) is 0. The average Bonchev–Trinajstić information content (AvgIpc) is 3.24. The minimum Gasteiger partial charge on any atom is -0.466 e. The maximum atomic E-state index is 12.4. The third-order valence-corrected chi connectivity index (χ3v) is 11.3. The number of esters is 1. The van der Waals surface area contributed by atoms with Gasteiger partial charge in [-0.1, -0.05) is 197 Å². The predicted octanol–water partition coefficient (Wildman–Crippen LogP) is 15.1. The molecule has 0 aromatic heterocycles. The lowest BCUT2D eigenvalue weighted by Crippen LogP contribution is -2.45. The van der Waals surface area contributed by atoms with Gasteiger partial charge in [0.15, 0.2) is 0 Å². The molecule has 0 aliphatic rings. The number of carbonyl (C=O) groups is 2. The highest BCUT2D eigenvalue weighted by Gasteiger charge is 2.18. The summed E-state index contributed by atoms with van der Waals surface area (Å²) >= 11 is 0. The van der Waals surface area contributed by atoms with Gasteiger partial charge in [0.2, 0.25) is 5.91 Å². The number of ether oxygens (including phenoxy) is 1. The number of hydrogen-bond donors (Lipinski definition) is 3. The third kappa shape index (κ3) is 45.2. The van der Waals surface area contributed by atoms with Crippen LogP contribution < -0.4 is 5.32 Å². The largest absolute Gasteiger partial charge is 0.466 e. The van der Waals surface area contributed by atoms with E-state index in [2.05, 4.69) is 55.6 Å². The van der Waals surface area contributed by atoms with Crippen LogP contribution in [-0.4, -0.2) is 47.4 Å². The van der Waals surface area contributed by atoms with Crippen LogP contribution >= 0.6 is 0 Å². The highest BCUT2D eigenvalue weighted by atomic mass is 16.5. The second-order valence-corrected chi connectivity index (χ2v) is 17.1. The summed E-state index contributed by atoms with van der Waals surface area (Å²) in [7, 11) is 0. The summed E-state index contributed by atoms with van der Waals surface area (Å²) < 4.78 is 5.46. The van der Waals surface area contributed by atoms with Crippen molar-refractivity contribution in [3.05, 3.63) is 48.6 Å². The average molecular weight is 828 g/mol. The highest BCUT2D eigenvalue weighted by Crippen LogP contribution is 2.14. The van der Waals surface area contributed by atoms with Gasteiger partial charge < -0.3 is 20.3 Å². The van der Waals surface area contributed by atoms with Gasteiger partial charge in [0.05, 0.1) is 25.4 Å². The number of allylic oxidation sites excluding steroid dienone is 7. The van der Waals surface area contributed by atoms with E-state index in [1.165, 1.54) is 154 Å². The summed E-state index contributed by atoms with van der Waals surface area (Å²) in [5.74, 6) is -0.103. The fraction of sp³-hybridized carbons (Fsp3) is 0.811. The first-order valence-electron chi connectivity index (χ1n) is 25.4. The van der Waals surface area contributed by atoms with Crippen molar-refractivity contribution in [2.75, 3.05) is 13.2 Å². The number of unbranched alkanes of at least 4 members (excludes halogenated alkanes) is 29. The number of rotatable bonds is 46. The van der Waals surface area contributed by atoms with E-state index in [4.69, 9.17) is 4.74 Å². The maximum Gasteiger partial charge on any atom is 0.305 e. The van der Waals surface area contributed by atoms with Crippen LogP contribution in [0, 0.1) is 0 Å². The molecule has 0 radical (unpaired) electrons. The molecular formula is C53H97NO5. The zero-order valence-electron chi connectivity index (χ0n) is 39.0. The van der Waals surface area contributed by atoms with Gasteiger partial charge in [0.25, 0.3) is 0 Å². The number of hydrogen-bond acceptors (Lipinski definition) is 5. The van der Waals surface area contributed by atoms with E-state index in [9.17, 15) is 19.8 Å². The Hall–Kier alpha value is -2.18. The van der Waals surface area contributed by atoms with Crippen LogP contribution in [0.15, 0.2) is 48.6 Å². The van der Waals surface area contributed by atoms with E-state index in [-0.39, 0.29) is 18.5 Å². The molecule has 0 aromatic rings. The van der Waals surface area contributed by atoms with Crippen LogP contribution in [0.5, 0.6) is 0 Å². The van der Waals surface area contributed by atoms with Gasteiger partial charge in [0, 0.05) is 12.8 Å². The standard InChI is InChI=1S/C53H97NO5/c1-3-5-7-9-11-13-14-15-16-17-21-24-27-31-35-39-43-47-53(58)59-48-44-40-36-32-28-25-22-19-18-20-23-26-30-34-38-42-46-52(57)54-50(49-55)51(56)45-41-37-33-29-12-10-8-6-4-2/h11,13,15-16,18,20,41,45,50-51,55-56H,3-10,12,14,17,19,21-40,42-44,46-49H2,1-2H3,(H,54,57)/b13-11-,16-15-,20-18-,45-41+. The lowest BCUT2D eigenvalue weighted by atomic mass is 10.1. The lowest BCUT2D eigenvalue weighted by Gasteiger charge is -2.20. The number of amides is 1. The van der Waals surface area contributed by atoms with Crippen molar-refractivity contribution >= 4 is 11.9 Å². The van der Waals surface area contributed by atoms with Gasteiger partial charge in [0.1, 0.15) is 0 Å². The molecule has 0 saturated heterocycles. The topological polar surface area (TPSA) is 95.9 Å². The van der Waals surface area contributed by atoms with Crippen molar-refractivity contribution in [1.82, 2.24) is 5.32 Å². The van der Waals surface area contributed by atoms with Crippen LogP contribution in [-0.2, 0) is 14.3 Å². The van der Waals surface area contributed by atoms with Crippen LogP contribution in [0.2, 0.25) is 0 Å². The van der Waals surface area contributed by atoms with Crippen LogP contribution in [0.3, 0.4) is 0 Å². The SMILES string of the molecule is CCCCC/C=C\C/C=C\CCCCCCCCCC(=O)OCCCCCCCCC/C=C\CCCCCCCC(=O)NC(CO)C(O)/C=C/CCCCCCCCC. The van der Waals surface area contributed by atoms with Crippen molar-refractivity contribution in [3.63, 3.8) is 0 Å². The fourth-order valence-corrected chi connectivity index (χ4v) is 7.36. The molecule has 0 spiro atoms. The first-order valence-corrected chi connectivity index (χ1v) is 25.4.